The number of pyridine rings is 1. The number of hydrogen-bond acceptors (Lipinski definition) is 2. The fourth-order valence-corrected chi connectivity index (χ4v) is 10.1. The van der Waals surface area contributed by atoms with Gasteiger partial charge in [0.25, 0.3) is 0 Å². The van der Waals surface area contributed by atoms with Crippen molar-refractivity contribution in [3.63, 3.8) is 0 Å². The molecule has 0 unspecified atom stereocenters. The number of fused-ring (bicyclic) bond motifs is 2. The molecular weight excluding hydrogens is 1230 g/mol. The Kier molecular flexibility index (Phi) is 17.0. The second kappa shape index (κ2) is 23.0. The number of Topliss-reactive ketones (excluding diaryl/α,β-unsaturated/α-hetero) is 1. The van der Waals surface area contributed by atoms with Crippen LogP contribution in [0.4, 0.5) is 105 Å². The zero-order valence-electron chi connectivity index (χ0n) is 43.4. The molecule has 0 aliphatic heterocycles. The second-order valence-electron chi connectivity index (χ2n) is 19.8. The van der Waals surface area contributed by atoms with Gasteiger partial charge in [0.1, 0.15) is 6.15 Å². The van der Waals surface area contributed by atoms with E-state index in [4.69, 9.17) is 0 Å². The van der Waals surface area contributed by atoms with E-state index in [9.17, 15) is 115 Å². The highest BCUT2D eigenvalue weighted by atomic mass is 19.4. The quantitative estimate of drug-likeness (QED) is 0.0475. The molecule has 1 heterocycles. The predicted octanol–water partition coefficient (Wildman–Crippen LogP) is 16.6. The Morgan fingerprint density at radius 2 is 0.568 bits per heavy atom. The van der Waals surface area contributed by atoms with Gasteiger partial charge in [-0.1, -0.05) is 127 Å². The van der Waals surface area contributed by atoms with Crippen molar-refractivity contribution in [1.29, 1.82) is 0 Å². The zero-order chi connectivity index (χ0) is 65.1. The first-order valence-corrected chi connectivity index (χ1v) is 24.8. The third-order valence-corrected chi connectivity index (χ3v) is 14.0. The Hall–Kier alpha value is -8.85. The first-order valence-electron chi connectivity index (χ1n) is 24.8. The molecule has 9 aromatic rings. The molecule has 0 spiro atoms. The van der Waals surface area contributed by atoms with E-state index < -0.39 is 195 Å². The molecule has 0 fully saturated rings. The highest BCUT2D eigenvalue weighted by Crippen LogP contribution is 2.42. The van der Waals surface area contributed by atoms with Crippen LogP contribution in [0.25, 0.3) is 21.5 Å². The summed E-state index contributed by atoms with van der Waals surface area (Å²) in [7, 11) is 0. The van der Waals surface area contributed by atoms with Gasteiger partial charge in [-0.3, -0.25) is 9.59 Å². The summed E-state index contributed by atoms with van der Waals surface area (Å²) in [6.45, 7) is 0.232. The molecule has 0 amide bonds. The lowest BCUT2D eigenvalue weighted by molar-refractivity contribution is -0.683. The van der Waals surface area contributed by atoms with Crippen LogP contribution in [0, 0.1) is 0 Å². The molecule has 0 radical (unpaired) electrons. The summed E-state index contributed by atoms with van der Waals surface area (Å²) in [6, 6.07) is 22.1. The summed E-state index contributed by atoms with van der Waals surface area (Å²) < 4.78 is 343. The number of benzene rings is 8. The summed E-state index contributed by atoms with van der Waals surface area (Å²) in [5, 5.41) is 3.98. The molecule has 0 saturated carbocycles. The van der Waals surface area contributed by atoms with E-state index in [0.29, 0.717) is 16.7 Å². The van der Waals surface area contributed by atoms with Gasteiger partial charge in [0.15, 0.2) is 18.2 Å². The molecule has 0 aliphatic rings. The molecule has 88 heavy (non-hydrogen) atoms. The predicted molar refractivity (Wildman–Crippen MR) is 272 cm³/mol. The number of rotatable bonds is 9. The minimum atomic E-state index is -6.13. The number of carbonyl (C=O) groups is 2. The van der Waals surface area contributed by atoms with Gasteiger partial charge in [0.05, 0.1) is 44.5 Å². The molecular formula is C60H32BF24NO2. The van der Waals surface area contributed by atoms with E-state index in [0.717, 1.165) is 21.5 Å². The number of nitrogens with zero attached hydrogens (tertiary/aromatic N) is 1. The number of halogens is 24. The highest BCUT2D eigenvalue weighted by molar-refractivity contribution is 7.20. The number of aromatic nitrogens is 1. The van der Waals surface area contributed by atoms with E-state index in [1.165, 1.54) is 0 Å². The van der Waals surface area contributed by atoms with Crippen LogP contribution >= 0.6 is 0 Å². The van der Waals surface area contributed by atoms with Gasteiger partial charge in [-0.2, -0.15) is 132 Å². The van der Waals surface area contributed by atoms with Gasteiger partial charge < -0.3 is 0 Å². The van der Waals surface area contributed by atoms with Crippen molar-refractivity contribution < 1.29 is 120 Å². The van der Waals surface area contributed by atoms with E-state index >= 15 is 0 Å². The molecule has 0 N–H and O–H groups in total. The molecule has 460 valence electrons. The smallest absolute Gasteiger partial charge is 0.289 e. The van der Waals surface area contributed by atoms with Crippen LogP contribution in [-0.2, 0) is 56.0 Å². The van der Waals surface area contributed by atoms with E-state index in [1.807, 2.05) is 78.9 Å². The van der Waals surface area contributed by atoms with Crippen molar-refractivity contribution in [3.05, 3.63) is 243 Å². The van der Waals surface area contributed by atoms with Crippen molar-refractivity contribution >= 4 is 61.1 Å². The van der Waals surface area contributed by atoms with Gasteiger partial charge in [-0.15, -0.1) is 0 Å². The maximum absolute atomic E-state index is 14.2. The third-order valence-electron chi connectivity index (χ3n) is 14.0. The monoisotopic (exact) mass is 1270 g/mol. The average Bonchev–Trinajstić information content (AvgIpc) is 0.751. The Morgan fingerprint density at radius 3 is 0.841 bits per heavy atom. The summed E-state index contributed by atoms with van der Waals surface area (Å²) in [4.78, 5) is 26.0. The molecule has 3 nitrogen and oxygen atoms in total. The summed E-state index contributed by atoms with van der Waals surface area (Å²) in [5.74, 6) is 0.0132. The fourth-order valence-electron chi connectivity index (χ4n) is 10.1. The van der Waals surface area contributed by atoms with Crippen molar-refractivity contribution in [1.82, 2.24) is 0 Å². The molecule has 8 aromatic carbocycles. The van der Waals surface area contributed by atoms with Gasteiger partial charge in [-0.05, 0) is 51.9 Å². The molecule has 0 aliphatic carbocycles. The Bertz CT molecular complexity index is 3610. The van der Waals surface area contributed by atoms with E-state index in [2.05, 4.69) is 6.07 Å². The Labute approximate surface area is 479 Å². The van der Waals surface area contributed by atoms with Crippen molar-refractivity contribution in [3.8, 4) is 0 Å². The number of carbonyl (C=O) groups excluding carboxylic acids is 2. The minimum Gasteiger partial charge on any atom is -0.289 e. The lowest BCUT2D eigenvalue weighted by atomic mass is 9.12. The first-order chi connectivity index (χ1) is 40.5. The zero-order valence-corrected chi connectivity index (χ0v) is 43.4. The molecule has 1 aromatic heterocycles. The normalized spacial score (nSPS) is 13.1. The van der Waals surface area contributed by atoms with Gasteiger partial charge in [-0.25, -0.2) is 0 Å². The van der Waals surface area contributed by atoms with Crippen LogP contribution in [0.15, 0.2) is 182 Å². The number of alkyl halides is 24. The van der Waals surface area contributed by atoms with Crippen molar-refractivity contribution in [2.45, 2.75) is 56.0 Å². The first kappa shape index (κ1) is 65.1. The van der Waals surface area contributed by atoms with Gasteiger partial charge in [0.2, 0.25) is 12.3 Å². The highest BCUT2D eigenvalue weighted by Gasteiger charge is 2.47. The molecule has 0 bridgehead atoms. The average molecular weight is 1270 g/mol. The molecule has 9 rings (SSSR count). The lowest BCUT2D eigenvalue weighted by Gasteiger charge is -2.46. The van der Waals surface area contributed by atoms with Gasteiger partial charge >= 0.3 is 49.4 Å². The Morgan fingerprint density at radius 1 is 0.307 bits per heavy atom. The largest absolute Gasteiger partial charge is 0.416 e. The maximum atomic E-state index is 14.2. The topological polar surface area (TPSA) is 38.0 Å². The lowest BCUT2D eigenvalue weighted by Crippen LogP contribution is -2.75. The van der Waals surface area contributed by atoms with Crippen molar-refractivity contribution in [2.24, 2.45) is 0 Å². The fraction of sp³-hybridized carbons (Fsp3) is 0.150. The molecule has 28 heteroatoms. The van der Waals surface area contributed by atoms with Crippen LogP contribution < -0.4 is 26.4 Å². The minimum absolute atomic E-state index is 0.0189. The maximum Gasteiger partial charge on any atom is 0.416 e. The van der Waals surface area contributed by atoms with Crippen LogP contribution in [-0.4, -0.2) is 17.7 Å². The van der Waals surface area contributed by atoms with E-state index in [-0.39, 0.29) is 18.1 Å². The Balaban J connectivity index is 0.000000269. The standard InChI is InChI=1S/C32H12BF24.C28H20NO2/c34-25(35,36)13-1-14(26(37,38)39)6-21(5-13)33(22-7-15(27(40,41)42)2-16(8-22)28(43,44)45,23-9-17(29(46,47)48)3-18(10-23)30(49,50)51)24-11-19(31(52,53)54)4-20(12-24)32(55,56)57;30-26(20-8-2-1-3-9-20)19-29-16-14-21(15-17-29)28(31)27-24-12-6-4-10-22(24)18-23-11-5-7-13-25(23)27/h1-12H;1-18H,19H2/q-1;+1. The SMILES string of the molecule is FC(F)(F)c1cc([B-](c2cc(C(F)(F)F)cc(C(F)(F)F)c2)(c2cc(C(F)(F)F)cc(C(F)(F)F)c2)c2cc(C(F)(F)F)cc(C(F)(F)F)c2)cc(C(F)(F)F)c1.O=C(C[n+]1ccc(C(=O)c2c3ccccc3cc3ccccc23)cc1)c1ccccc1. The summed E-state index contributed by atoms with van der Waals surface area (Å²) in [5.41, 5.74) is -28.2. The van der Waals surface area contributed by atoms with E-state index in [1.54, 1.807) is 29.1 Å². The van der Waals surface area contributed by atoms with Crippen LogP contribution in [0.5, 0.6) is 0 Å². The number of ketones is 2. The summed E-state index contributed by atoms with van der Waals surface area (Å²) in [6.07, 6.45) is -51.2. The summed E-state index contributed by atoms with van der Waals surface area (Å²) >= 11 is 0. The second-order valence-corrected chi connectivity index (χ2v) is 19.8. The molecule has 0 atom stereocenters. The van der Waals surface area contributed by atoms with Crippen LogP contribution in [0.1, 0.15) is 70.8 Å². The van der Waals surface area contributed by atoms with Crippen LogP contribution in [0.3, 0.4) is 0 Å². The van der Waals surface area contributed by atoms with Crippen LogP contribution in [0.2, 0.25) is 0 Å². The number of hydrogen-bond donors (Lipinski definition) is 0. The third kappa shape index (κ3) is 13.9. The van der Waals surface area contributed by atoms with Gasteiger partial charge in [0, 0.05) is 28.8 Å². The van der Waals surface area contributed by atoms with Crippen molar-refractivity contribution in [2.75, 3.05) is 0 Å². The molecule has 0 saturated heterocycles.